The van der Waals surface area contributed by atoms with Crippen molar-refractivity contribution in [2.45, 2.75) is 0 Å². The van der Waals surface area contributed by atoms with Crippen molar-refractivity contribution in [1.29, 1.82) is 0 Å². The van der Waals surface area contributed by atoms with Crippen molar-refractivity contribution in [3.63, 3.8) is 0 Å². The molecule has 0 amide bonds. The van der Waals surface area contributed by atoms with Gasteiger partial charge in [0.1, 0.15) is 22.3 Å². The molecule has 0 aliphatic carbocycles. The minimum Gasteiger partial charge on any atom is -0.456 e. The van der Waals surface area contributed by atoms with Crippen molar-refractivity contribution in [3.05, 3.63) is 206 Å². The van der Waals surface area contributed by atoms with E-state index in [0.717, 1.165) is 116 Å². The molecule has 0 fully saturated rings. The zero-order chi connectivity index (χ0) is 42.1. The molecule has 64 heavy (non-hydrogen) atoms. The van der Waals surface area contributed by atoms with E-state index >= 15 is 0 Å². The topological polar surface area (TPSA) is 77.8 Å². The predicted octanol–water partition coefficient (Wildman–Crippen LogP) is 15.4. The third-order valence-corrected chi connectivity index (χ3v) is 12.3. The van der Waals surface area contributed by atoms with Crippen LogP contribution in [0.4, 0.5) is 0 Å². The Morgan fingerprint density at radius 3 is 1.61 bits per heavy atom. The molecule has 0 saturated heterocycles. The number of para-hydroxylation sites is 4. The molecule has 298 valence electrons. The van der Waals surface area contributed by atoms with Gasteiger partial charge in [0.05, 0.1) is 11.2 Å². The molecule has 9 aromatic carbocycles. The summed E-state index contributed by atoms with van der Waals surface area (Å²) in [6.07, 6.45) is 0. The van der Waals surface area contributed by atoms with Crippen LogP contribution in [0, 0.1) is 0 Å². The average Bonchev–Trinajstić information content (AvgIpc) is 3.94. The molecule has 0 aliphatic rings. The van der Waals surface area contributed by atoms with Crippen molar-refractivity contribution in [3.8, 4) is 67.7 Å². The van der Waals surface area contributed by atoms with Gasteiger partial charge in [-0.15, -0.1) is 0 Å². The quantitative estimate of drug-likeness (QED) is 0.156. The van der Waals surface area contributed by atoms with E-state index in [1.54, 1.807) is 0 Å². The molecule has 6 nitrogen and oxygen atoms in total. The number of hydrogen-bond donors (Lipinski definition) is 0. The first kappa shape index (κ1) is 36.0. The first-order valence-corrected chi connectivity index (χ1v) is 21.4. The summed E-state index contributed by atoms with van der Waals surface area (Å²) >= 11 is 0. The van der Waals surface area contributed by atoms with Crippen LogP contribution < -0.4 is 0 Å². The SMILES string of the molecule is c1ccc(-c2nc(-c3ccc(-c4cccc5c4oc4ccccc45)cc3)nc(-c3cccc(-c4nc5ccccc5c5c(-c6ccccc6)c6c(cc45)oc4ccccc46)c3)n2)cc1. The van der Waals surface area contributed by atoms with Gasteiger partial charge in [0, 0.05) is 71.1 Å². The first-order valence-electron chi connectivity index (χ1n) is 21.4. The minimum absolute atomic E-state index is 0.566. The summed E-state index contributed by atoms with van der Waals surface area (Å²) in [6.45, 7) is 0. The maximum Gasteiger partial charge on any atom is 0.164 e. The van der Waals surface area contributed by atoms with Gasteiger partial charge in [0.2, 0.25) is 0 Å². The van der Waals surface area contributed by atoms with Gasteiger partial charge in [-0.05, 0) is 41.5 Å². The largest absolute Gasteiger partial charge is 0.456 e. The van der Waals surface area contributed by atoms with Gasteiger partial charge < -0.3 is 8.83 Å². The Balaban J connectivity index is 0.983. The Bertz CT molecular complexity index is 3950. The number of benzene rings is 9. The number of pyridine rings is 1. The van der Waals surface area contributed by atoms with E-state index in [4.69, 9.17) is 28.8 Å². The molecule has 13 rings (SSSR count). The van der Waals surface area contributed by atoms with Gasteiger partial charge in [-0.1, -0.05) is 176 Å². The van der Waals surface area contributed by atoms with E-state index in [1.807, 2.05) is 60.7 Å². The highest BCUT2D eigenvalue weighted by Crippen LogP contribution is 2.46. The van der Waals surface area contributed by atoms with E-state index in [-0.39, 0.29) is 0 Å². The second-order valence-corrected chi connectivity index (χ2v) is 16.1. The molecular formula is C58H34N4O2. The number of aromatic nitrogens is 4. The van der Waals surface area contributed by atoms with Gasteiger partial charge in [0.25, 0.3) is 0 Å². The lowest BCUT2D eigenvalue weighted by Crippen LogP contribution is -2.00. The van der Waals surface area contributed by atoms with Gasteiger partial charge in [-0.25, -0.2) is 19.9 Å². The van der Waals surface area contributed by atoms with Gasteiger partial charge >= 0.3 is 0 Å². The highest BCUT2D eigenvalue weighted by molar-refractivity contribution is 6.27. The van der Waals surface area contributed by atoms with Crippen molar-refractivity contribution < 1.29 is 8.83 Å². The molecule has 0 unspecified atom stereocenters. The van der Waals surface area contributed by atoms with Gasteiger partial charge in [-0.2, -0.15) is 0 Å². The van der Waals surface area contributed by atoms with Crippen LogP contribution in [0.1, 0.15) is 0 Å². The molecule has 4 heterocycles. The number of fused-ring (bicyclic) bond motifs is 9. The van der Waals surface area contributed by atoms with Gasteiger partial charge in [-0.3, -0.25) is 0 Å². The zero-order valence-electron chi connectivity index (χ0n) is 34.2. The van der Waals surface area contributed by atoms with E-state index in [9.17, 15) is 0 Å². The zero-order valence-corrected chi connectivity index (χ0v) is 34.2. The summed E-state index contributed by atoms with van der Waals surface area (Å²) in [7, 11) is 0. The highest BCUT2D eigenvalue weighted by Gasteiger charge is 2.22. The Morgan fingerprint density at radius 2 is 0.844 bits per heavy atom. The number of rotatable bonds is 6. The van der Waals surface area contributed by atoms with Crippen molar-refractivity contribution in [2.24, 2.45) is 0 Å². The van der Waals surface area contributed by atoms with E-state index in [2.05, 4.69) is 146 Å². The summed E-state index contributed by atoms with van der Waals surface area (Å²) in [5.41, 5.74) is 13.1. The number of furan rings is 2. The van der Waals surface area contributed by atoms with Gasteiger partial charge in [0.15, 0.2) is 17.5 Å². The third-order valence-electron chi connectivity index (χ3n) is 12.3. The third kappa shape index (κ3) is 5.81. The Hall–Kier alpha value is -8.74. The summed E-state index contributed by atoms with van der Waals surface area (Å²) in [5, 5.41) is 7.60. The van der Waals surface area contributed by atoms with E-state index in [1.165, 1.54) is 0 Å². The van der Waals surface area contributed by atoms with Crippen LogP contribution in [0.15, 0.2) is 215 Å². The average molecular weight is 819 g/mol. The molecule has 6 heteroatoms. The molecule has 0 N–H and O–H groups in total. The monoisotopic (exact) mass is 818 g/mol. The molecule has 0 spiro atoms. The van der Waals surface area contributed by atoms with Crippen LogP contribution in [0.5, 0.6) is 0 Å². The van der Waals surface area contributed by atoms with Crippen LogP contribution in [0.2, 0.25) is 0 Å². The molecule has 0 radical (unpaired) electrons. The predicted molar refractivity (Wildman–Crippen MR) is 260 cm³/mol. The fraction of sp³-hybridized carbons (Fsp3) is 0. The summed E-state index contributed by atoms with van der Waals surface area (Å²) in [6, 6.07) is 70.8. The van der Waals surface area contributed by atoms with Crippen LogP contribution >= 0.6 is 0 Å². The normalized spacial score (nSPS) is 11.8. The molecule has 13 aromatic rings. The molecule has 0 saturated carbocycles. The number of nitrogens with zero attached hydrogens (tertiary/aromatic N) is 4. The van der Waals surface area contributed by atoms with Crippen molar-refractivity contribution in [2.75, 3.05) is 0 Å². The molecular weight excluding hydrogens is 785 g/mol. The first-order chi connectivity index (χ1) is 31.7. The maximum absolute atomic E-state index is 6.63. The van der Waals surface area contributed by atoms with Crippen LogP contribution in [0.25, 0.3) is 133 Å². The Labute approximate surface area is 366 Å². The Morgan fingerprint density at radius 1 is 0.297 bits per heavy atom. The Kier molecular flexibility index (Phi) is 8.11. The fourth-order valence-electron chi connectivity index (χ4n) is 9.36. The van der Waals surface area contributed by atoms with Crippen molar-refractivity contribution in [1.82, 2.24) is 19.9 Å². The standard InChI is InChI=1S/C58H34N4O2/c1-3-15-36(16-4-1)51-52-44-22-7-10-26-47(44)59-54(46(52)34-50-53(51)45-23-9-12-28-49(45)63-50)39-19-13-20-40(33-39)58-61-56(37-17-5-2-6-18-37)60-57(62-58)38-31-29-35(30-32-38)41-24-14-25-43-42-21-8-11-27-48(42)64-55(41)43/h1-34H. The maximum atomic E-state index is 6.63. The smallest absolute Gasteiger partial charge is 0.164 e. The molecule has 4 aromatic heterocycles. The second kappa shape index (κ2) is 14.4. The summed E-state index contributed by atoms with van der Waals surface area (Å²) in [5.74, 6) is 1.74. The van der Waals surface area contributed by atoms with E-state index in [0.29, 0.717) is 17.5 Å². The summed E-state index contributed by atoms with van der Waals surface area (Å²) < 4.78 is 13.0. The van der Waals surface area contributed by atoms with Crippen molar-refractivity contribution >= 4 is 65.6 Å². The van der Waals surface area contributed by atoms with Crippen LogP contribution in [0.3, 0.4) is 0 Å². The second-order valence-electron chi connectivity index (χ2n) is 16.1. The highest BCUT2D eigenvalue weighted by atomic mass is 16.3. The molecule has 0 aliphatic heterocycles. The lowest BCUT2D eigenvalue weighted by Gasteiger charge is -2.16. The minimum atomic E-state index is 0.566. The van der Waals surface area contributed by atoms with Crippen LogP contribution in [-0.4, -0.2) is 19.9 Å². The lowest BCUT2D eigenvalue weighted by atomic mass is 9.89. The fourth-order valence-corrected chi connectivity index (χ4v) is 9.36. The lowest BCUT2D eigenvalue weighted by molar-refractivity contribution is 0.669. The van der Waals surface area contributed by atoms with E-state index < -0.39 is 0 Å². The number of hydrogen-bond acceptors (Lipinski definition) is 6. The van der Waals surface area contributed by atoms with Crippen LogP contribution in [-0.2, 0) is 0 Å². The molecule has 0 atom stereocenters. The summed E-state index contributed by atoms with van der Waals surface area (Å²) in [4.78, 5) is 20.7. The molecule has 0 bridgehead atoms.